The Morgan fingerprint density at radius 1 is 1.28 bits per heavy atom. The van der Waals surface area contributed by atoms with Crippen molar-refractivity contribution in [1.82, 2.24) is 0 Å². The van der Waals surface area contributed by atoms with Crippen LogP contribution in [0.5, 0.6) is 0 Å². The Labute approximate surface area is 172 Å². The zero-order valence-corrected chi connectivity index (χ0v) is 17.9. The van der Waals surface area contributed by atoms with Gasteiger partial charge in [0.2, 0.25) is 0 Å². The number of ether oxygens (including phenoxy) is 2. The monoisotopic (exact) mass is 404 g/mol. The molecular formula is C23H32O6. The molecule has 2 aliphatic carbocycles. The van der Waals surface area contributed by atoms with E-state index in [2.05, 4.69) is 13.2 Å². The first-order chi connectivity index (χ1) is 13.2. The fraction of sp³-hybridized carbons (Fsp3) is 0.652. The Morgan fingerprint density at radius 3 is 2.45 bits per heavy atom. The molecule has 1 saturated heterocycles. The molecule has 29 heavy (non-hydrogen) atoms. The first-order valence-corrected chi connectivity index (χ1v) is 10.1. The van der Waals surface area contributed by atoms with Crippen molar-refractivity contribution in [2.24, 2.45) is 10.8 Å². The van der Waals surface area contributed by atoms with E-state index in [0.717, 1.165) is 6.08 Å². The third-order valence-corrected chi connectivity index (χ3v) is 7.53. The number of carbonyl (C=O) groups is 2. The van der Waals surface area contributed by atoms with E-state index in [1.54, 1.807) is 26.8 Å². The molecule has 0 aromatic rings. The summed E-state index contributed by atoms with van der Waals surface area (Å²) in [6.45, 7) is 16.2. The number of rotatable bonds is 3. The Balaban J connectivity index is 2.34. The predicted octanol–water partition coefficient (Wildman–Crippen LogP) is 2.64. The van der Waals surface area contributed by atoms with Gasteiger partial charge in [0.25, 0.3) is 0 Å². The van der Waals surface area contributed by atoms with Crippen molar-refractivity contribution in [3.05, 3.63) is 37.0 Å². The molecule has 1 aliphatic heterocycles. The lowest BCUT2D eigenvalue weighted by atomic mass is 9.44. The summed E-state index contributed by atoms with van der Waals surface area (Å²) in [7, 11) is 0. The van der Waals surface area contributed by atoms with Gasteiger partial charge in [0.15, 0.2) is 17.5 Å². The third-order valence-electron chi connectivity index (χ3n) is 7.53. The van der Waals surface area contributed by atoms with Crippen molar-refractivity contribution in [2.45, 2.75) is 82.9 Å². The molecule has 0 aromatic carbocycles. The summed E-state index contributed by atoms with van der Waals surface area (Å²) in [5.41, 5.74) is -5.78. The molecule has 6 atom stereocenters. The summed E-state index contributed by atoms with van der Waals surface area (Å²) in [5, 5.41) is 23.2. The van der Waals surface area contributed by atoms with Crippen LogP contribution >= 0.6 is 0 Å². The lowest BCUT2D eigenvalue weighted by molar-refractivity contribution is -0.305. The van der Waals surface area contributed by atoms with E-state index in [9.17, 15) is 19.8 Å². The van der Waals surface area contributed by atoms with Gasteiger partial charge in [-0.1, -0.05) is 32.1 Å². The summed E-state index contributed by atoms with van der Waals surface area (Å²) in [5.74, 6) is -1.15. The van der Waals surface area contributed by atoms with E-state index < -0.39 is 51.6 Å². The highest BCUT2D eigenvalue weighted by molar-refractivity contribution is 5.93. The highest BCUT2D eigenvalue weighted by atomic mass is 16.6. The number of hydrogen-bond acceptors (Lipinski definition) is 6. The fourth-order valence-electron chi connectivity index (χ4n) is 5.77. The molecule has 160 valence electrons. The van der Waals surface area contributed by atoms with Crippen molar-refractivity contribution in [2.75, 3.05) is 0 Å². The molecule has 3 rings (SSSR count). The zero-order chi connectivity index (χ0) is 22.0. The molecule has 3 aliphatic rings. The van der Waals surface area contributed by atoms with Gasteiger partial charge in [-0.25, -0.2) is 4.79 Å². The minimum absolute atomic E-state index is 0.0965. The number of fused-ring (bicyclic) bond motifs is 3. The first-order valence-electron chi connectivity index (χ1n) is 10.1. The van der Waals surface area contributed by atoms with Crippen LogP contribution < -0.4 is 0 Å². The van der Waals surface area contributed by atoms with Crippen LogP contribution in [0.15, 0.2) is 37.0 Å². The first kappa shape index (κ1) is 21.9. The highest BCUT2D eigenvalue weighted by Crippen LogP contribution is 2.64. The van der Waals surface area contributed by atoms with Crippen LogP contribution in [0.4, 0.5) is 0 Å². The molecule has 2 N–H and O–H groups in total. The van der Waals surface area contributed by atoms with Crippen LogP contribution in [-0.4, -0.2) is 51.0 Å². The Hall–Kier alpha value is -1.76. The molecule has 0 amide bonds. The molecule has 0 bridgehead atoms. The van der Waals surface area contributed by atoms with E-state index in [0.29, 0.717) is 18.4 Å². The molecule has 6 nitrogen and oxygen atoms in total. The average molecular weight is 405 g/mol. The minimum atomic E-state index is -2.10. The predicted molar refractivity (Wildman–Crippen MR) is 108 cm³/mol. The minimum Gasteiger partial charge on any atom is -0.452 e. The number of ketones is 1. The number of hydrogen-bond donors (Lipinski definition) is 2. The second kappa shape index (κ2) is 6.37. The van der Waals surface area contributed by atoms with Crippen molar-refractivity contribution >= 4 is 11.8 Å². The van der Waals surface area contributed by atoms with Gasteiger partial charge in [0.1, 0.15) is 5.60 Å². The molecule has 0 spiro atoms. The van der Waals surface area contributed by atoms with Crippen molar-refractivity contribution in [3.8, 4) is 0 Å². The summed E-state index contributed by atoms with van der Waals surface area (Å²) in [4.78, 5) is 25.7. The van der Waals surface area contributed by atoms with Gasteiger partial charge in [0, 0.05) is 12.5 Å². The lowest BCUT2D eigenvalue weighted by Gasteiger charge is -2.66. The lowest BCUT2D eigenvalue weighted by Crippen LogP contribution is -2.81. The van der Waals surface area contributed by atoms with E-state index in [1.807, 2.05) is 13.8 Å². The molecule has 0 unspecified atom stereocenters. The summed E-state index contributed by atoms with van der Waals surface area (Å²) in [6, 6.07) is 0. The SMILES string of the molecule is C=CC(=O)O[C@H]1C=C2C(C)(C)CC[C@H](O)[C@]2(C)[C@@]2(O)C(=O)C[C@](C)(C=C)O[C@]12C. The molecule has 2 fully saturated rings. The smallest absolute Gasteiger partial charge is 0.330 e. The van der Waals surface area contributed by atoms with Crippen LogP contribution in [0.3, 0.4) is 0 Å². The van der Waals surface area contributed by atoms with Crippen molar-refractivity contribution in [3.63, 3.8) is 0 Å². The van der Waals surface area contributed by atoms with Crippen molar-refractivity contribution < 1.29 is 29.3 Å². The number of aliphatic hydroxyl groups excluding tert-OH is 1. The summed E-state index contributed by atoms with van der Waals surface area (Å²) < 4.78 is 11.9. The van der Waals surface area contributed by atoms with E-state index in [-0.39, 0.29) is 6.42 Å². The van der Waals surface area contributed by atoms with Gasteiger partial charge in [-0.05, 0) is 45.1 Å². The van der Waals surface area contributed by atoms with Gasteiger partial charge in [-0.15, -0.1) is 6.58 Å². The van der Waals surface area contributed by atoms with Crippen LogP contribution in [0, 0.1) is 10.8 Å². The van der Waals surface area contributed by atoms with Gasteiger partial charge >= 0.3 is 5.97 Å². The normalized spacial score (nSPS) is 46.0. The number of esters is 1. The fourth-order valence-corrected chi connectivity index (χ4v) is 5.77. The van der Waals surface area contributed by atoms with Crippen LogP contribution in [0.2, 0.25) is 0 Å². The molecule has 6 heteroatoms. The molecule has 0 radical (unpaired) electrons. The molecule has 1 heterocycles. The molecule has 0 aromatic heterocycles. The summed E-state index contributed by atoms with van der Waals surface area (Å²) in [6.07, 6.45) is 3.31. The standard InChI is InChI=1S/C23H32O6/c1-8-18(26)28-17-12-14-19(3,4)11-10-15(24)21(14,6)23(27)16(25)13-20(5,9-2)29-22(17,23)7/h8-9,12,15,17,24,27H,1-2,10-11,13H2,3-7H3/t15-,17-,20-,21+,22+,23-/m0/s1. The van der Waals surface area contributed by atoms with Crippen LogP contribution in [0.25, 0.3) is 0 Å². The second-order valence-corrected chi connectivity index (χ2v) is 9.82. The van der Waals surface area contributed by atoms with Crippen LogP contribution in [0.1, 0.15) is 53.9 Å². The Morgan fingerprint density at radius 2 is 1.90 bits per heavy atom. The van der Waals surface area contributed by atoms with Gasteiger partial charge in [0.05, 0.1) is 17.1 Å². The topological polar surface area (TPSA) is 93.1 Å². The van der Waals surface area contributed by atoms with Gasteiger partial charge in [-0.3, -0.25) is 4.79 Å². The Kier molecular flexibility index (Phi) is 4.82. The van der Waals surface area contributed by atoms with Crippen LogP contribution in [-0.2, 0) is 19.1 Å². The number of carbonyl (C=O) groups excluding carboxylic acids is 2. The quantitative estimate of drug-likeness (QED) is 0.427. The maximum absolute atomic E-state index is 13.6. The summed E-state index contributed by atoms with van der Waals surface area (Å²) >= 11 is 0. The number of aliphatic hydroxyl groups is 2. The number of Topliss-reactive ketones (excluding diaryl/α,β-unsaturated/α-hetero) is 1. The molecular weight excluding hydrogens is 372 g/mol. The Bertz CT molecular complexity index is 812. The third kappa shape index (κ3) is 2.65. The maximum Gasteiger partial charge on any atom is 0.330 e. The highest BCUT2D eigenvalue weighted by Gasteiger charge is 2.76. The van der Waals surface area contributed by atoms with Crippen molar-refractivity contribution in [1.29, 1.82) is 0 Å². The second-order valence-electron chi connectivity index (χ2n) is 9.82. The van der Waals surface area contributed by atoms with Gasteiger partial charge < -0.3 is 19.7 Å². The van der Waals surface area contributed by atoms with E-state index in [4.69, 9.17) is 9.47 Å². The average Bonchev–Trinajstić information content (AvgIpc) is 2.64. The maximum atomic E-state index is 13.6. The van der Waals surface area contributed by atoms with E-state index >= 15 is 0 Å². The van der Waals surface area contributed by atoms with E-state index in [1.165, 1.54) is 6.08 Å². The zero-order valence-electron chi connectivity index (χ0n) is 17.9. The van der Waals surface area contributed by atoms with Gasteiger partial charge in [-0.2, -0.15) is 0 Å². The molecule has 1 saturated carbocycles. The largest absolute Gasteiger partial charge is 0.452 e.